The van der Waals surface area contributed by atoms with E-state index in [1.165, 1.54) is 12.5 Å². The largest absolute Gasteiger partial charge is 0.467 e. The predicted octanol–water partition coefficient (Wildman–Crippen LogP) is 3.78. The molecule has 0 spiro atoms. The molecule has 7 nitrogen and oxygen atoms in total. The van der Waals surface area contributed by atoms with Gasteiger partial charge in [-0.25, -0.2) is 4.68 Å². The van der Waals surface area contributed by atoms with Crippen LogP contribution in [-0.2, 0) is 0 Å². The Balaban J connectivity index is 1.69. The van der Waals surface area contributed by atoms with Gasteiger partial charge in [0.25, 0.3) is 5.91 Å². The number of alkyl halides is 3. The number of carbonyl (C=O) groups is 1. The third-order valence-electron chi connectivity index (χ3n) is 4.29. The molecule has 0 saturated carbocycles. The van der Waals surface area contributed by atoms with E-state index in [0.29, 0.717) is 11.4 Å². The summed E-state index contributed by atoms with van der Waals surface area (Å²) in [5, 5.41) is 9.36. The molecule has 4 rings (SSSR count). The van der Waals surface area contributed by atoms with E-state index in [-0.39, 0.29) is 17.8 Å². The minimum absolute atomic E-state index is 0.00404. The van der Waals surface area contributed by atoms with E-state index in [2.05, 4.69) is 20.7 Å². The van der Waals surface area contributed by atoms with Crippen molar-refractivity contribution in [1.29, 1.82) is 0 Å². The van der Waals surface area contributed by atoms with Gasteiger partial charge in [0.1, 0.15) is 17.1 Å². The van der Waals surface area contributed by atoms with Crippen LogP contribution in [0.2, 0.25) is 0 Å². The Bertz CT molecular complexity index is 937. The first-order valence-corrected chi connectivity index (χ1v) is 8.09. The second-order valence-electron chi connectivity index (χ2n) is 6.05. The molecule has 27 heavy (non-hydrogen) atoms. The number of amides is 1. The summed E-state index contributed by atoms with van der Waals surface area (Å²) in [7, 11) is 0. The first kappa shape index (κ1) is 17.1. The highest BCUT2D eigenvalue weighted by atomic mass is 19.4. The lowest BCUT2D eigenvalue weighted by atomic mass is 10.0. The topological polar surface area (TPSA) is 85.0 Å². The third kappa shape index (κ3) is 3.25. The van der Waals surface area contributed by atoms with Gasteiger partial charge in [0.05, 0.1) is 30.4 Å². The van der Waals surface area contributed by atoms with Crippen LogP contribution in [-0.4, -0.2) is 26.8 Å². The van der Waals surface area contributed by atoms with Gasteiger partial charge in [0, 0.05) is 12.6 Å². The predicted molar refractivity (Wildman–Crippen MR) is 89.2 cm³/mol. The zero-order valence-corrected chi connectivity index (χ0v) is 13.8. The summed E-state index contributed by atoms with van der Waals surface area (Å²) in [6.07, 6.45) is 0.672. The minimum atomic E-state index is -4.52. The van der Waals surface area contributed by atoms with E-state index in [9.17, 15) is 18.0 Å². The van der Waals surface area contributed by atoms with E-state index >= 15 is 0 Å². The lowest BCUT2D eigenvalue weighted by Crippen LogP contribution is -2.36. The van der Waals surface area contributed by atoms with Crippen molar-refractivity contribution in [2.75, 3.05) is 10.6 Å². The Kier molecular flexibility index (Phi) is 4.09. The number of hydrogen-bond acceptors (Lipinski definition) is 5. The van der Waals surface area contributed by atoms with Gasteiger partial charge in [-0.05, 0) is 24.3 Å². The van der Waals surface area contributed by atoms with Gasteiger partial charge in [-0.1, -0.05) is 0 Å². The van der Waals surface area contributed by atoms with Crippen LogP contribution in [0.5, 0.6) is 0 Å². The summed E-state index contributed by atoms with van der Waals surface area (Å²) in [6, 6.07) is 3.84. The number of hydrogen-bond donors (Lipinski definition) is 2. The zero-order valence-electron chi connectivity index (χ0n) is 13.8. The van der Waals surface area contributed by atoms with Gasteiger partial charge >= 0.3 is 6.18 Å². The number of anilines is 2. The van der Waals surface area contributed by atoms with Crippen molar-refractivity contribution in [1.82, 2.24) is 14.8 Å². The van der Waals surface area contributed by atoms with Crippen LogP contribution >= 0.6 is 0 Å². The molecule has 0 bridgehead atoms. The average molecular weight is 377 g/mol. The number of rotatable bonds is 3. The second kappa shape index (κ2) is 6.45. The monoisotopic (exact) mass is 377 g/mol. The Labute approximate surface area is 151 Å². The molecule has 2 atom stereocenters. The van der Waals surface area contributed by atoms with Crippen LogP contribution in [0.15, 0.2) is 53.5 Å². The molecular formula is C17H14F3N5O2. The van der Waals surface area contributed by atoms with E-state index < -0.39 is 24.2 Å². The lowest BCUT2D eigenvalue weighted by Gasteiger charge is -2.32. The molecule has 0 fully saturated rings. The van der Waals surface area contributed by atoms with Crippen LogP contribution in [0.25, 0.3) is 0 Å². The Morgan fingerprint density at radius 2 is 2.15 bits per heavy atom. The maximum absolute atomic E-state index is 13.6. The minimum Gasteiger partial charge on any atom is -0.467 e. The summed E-state index contributed by atoms with van der Waals surface area (Å²) < 4.78 is 46.7. The van der Waals surface area contributed by atoms with Crippen molar-refractivity contribution in [3.63, 3.8) is 0 Å². The van der Waals surface area contributed by atoms with Crippen molar-refractivity contribution in [2.24, 2.45) is 0 Å². The normalized spacial score (nSPS) is 19.2. The molecule has 1 aliphatic rings. The van der Waals surface area contributed by atoms with Gasteiger partial charge in [0.2, 0.25) is 0 Å². The first-order chi connectivity index (χ1) is 12.9. The van der Waals surface area contributed by atoms with Crippen molar-refractivity contribution in [3.8, 4) is 0 Å². The zero-order chi connectivity index (χ0) is 19.0. The molecule has 0 aromatic carbocycles. The number of carbonyl (C=O) groups excluding carboxylic acids is 1. The highest BCUT2D eigenvalue weighted by Crippen LogP contribution is 2.44. The molecule has 0 unspecified atom stereocenters. The molecule has 2 N–H and O–H groups in total. The second-order valence-corrected chi connectivity index (χ2v) is 6.05. The number of halogens is 3. The van der Waals surface area contributed by atoms with Crippen LogP contribution in [0.1, 0.15) is 34.6 Å². The standard InChI is InChI=1S/C17H14F3N5O2/c18-17(19,20)14-7-12(13-4-2-6-27-13)24-15-11(9-22-25(14)15)16(26)23-10-3-1-5-21-8-10/h1-6,8-9,12,14,24H,7H2,(H,23,26)/t12-,14+/m0/s1. The molecule has 3 aromatic heterocycles. The fourth-order valence-electron chi connectivity index (χ4n) is 3.04. The van der Waals surface area contributed by atoms with Gasteiger partial charge in [-0.3, -0.25) is 9.78 Å². The Morgan fingerprint density at radius 3 is 2.81 bits per heavy atom. The molecule has 4 heterocycles. The summed E-state index contributed by atoms with van der Waals surface area (Å²) >= 11 is 0. The highest BCUT2D eigenvalue weighted by Gasteiger charge is 2.47. The summed E-state index contributed by atoms with van der Waals surface area (Å²) in [4.78, 5) is 16.4. The average Bonchev–Trinajstić information content (AvgIpc) is 3.30. The lowest BCUT2D eigenvalue weighted by molar-refractivity contribution is -0.174. The summed E-state index contributed by atoms with van der Waals surface area (Å²) in [5.74, 6) is -0.237. The maximum atomic E-state index is 13.6. The van der Waals surface area contributed by atoms with Gasteiger partial charge in [0.15, 0.2) is 6.04 Å². The Morgan fingerprint density at radius 1 is 1.30 bits per heavy atom. The van der Waals surface area contributed by atoms with E-state index in [1.807, 2.05) is 0 Å². The van der Waals surface area contributed by atoms with E-state index in [4.69, 9.17) is 4.42 Å². The molecule has 1 amide bonds. The fraction of sp³-hybridized carbons (Fsp3) is 0.235. The van der Waals surface area contributed by atoms with Crippen LogP contribution < -0.4 is 10.6 Å². The molecule has 1 aliphatic heterocycles. The molecule has 3 aromatic rings. The maximum Gasteiger partial charge on any atom is 0.410 e. The Hall–Kier alpha value is -3.30. The van der Waals surface area contributed by atoms with Crippen molar-refractivity contribution < 1.29 is 22.4 Å². The fourth-order valence-corrected chi connectivity index (χ4v) is 3.04. The number of nitrogens with one attached hydrogen (secondary N) is 2. The smallest absolute Gasteiger partial charge is 0.410 e. The first-order valence-electron chi connectivity index (χ1n) is 8.09. The van der Waals surface area contributed by atoms with E-state index in [0.717, 1.165) is 10.9 Å². The number of aromatic nitrogens is 3. The molecule has 0 radical (unpaired) electrons. The summed E-state index contributed by atoms with van der Waals surface area (Å²) in [6.45, 7) is 0. The van der Waals surface area contributed by atoms with Gasteiger partial charge < -0.3 is 15.1 Å². The number of pyridine rings is 1. The van der Waals surface area contributed by atoms with Crippen LogP contribution in [0.4, 0.5) is 24.7 Å². The van der Waals surface area contributed by atoms with Crippen LogP contribution in [0.3, 0.4) is 0 Å². The van der Waals surface area contributed by atoms with Gasteiger partial charge in [-0.15, -0.1) is 0 Å². The SMILES string of the molecule is O=C(Nc1cccnc1)c1cnn2c1N[C@H](c1ccco1)C[C@@H]2C(F)(F)F. The quantitative estimate of drug-likeness (QED) is 0.726. The molecule has 0 aliphatic carbocycles. The molecule has 10 heteroatoms. The van der Waals surface area contributed by atoms with Crippen molar-refractivity contribution in [2.45, 2.75) is 24.7 Å². The van der Waals surface area contributed by atoms with Crippen molar-refractivity contribution >= 4 is 17.4 Å². The molecular weight excluding hydrogens is 363 g/mol. The molecule has 140 valence electrons. The van der Waals surface area contributed by atoms with Crippen LogP contribution in [0, 0.1) is 0 Å². The number of furan rings is 1. The van der Waals surface area contributed by atoms with E-state index in [1.54, 1.807) is 30.5 Å². The molecule has 0 saturated heterocycles. The summed E-state index contributed by atoms with van der Waals surface area (Å²) in [5.41, 5.74) is 0.428. The van der Waals surface area contributed by atoms with Crippen molar-refractivity contribution in [3.05, 3.63) is 60.4 Å². The highest BCUT2D eigenvalue weighted by molar-refractivity contribution is 6.07. The third-order valence-corrected chi connectivity index (χ3v) is 4.29. The van der Waals surface area contributed by atoms with Gasteiger partial charge in [-0.2, -0.15) is 18.3 Å². The number of nitrogens with zero attached hydrogens (tertiary/aromatic N) is 3. The number of fused-ring (bicyclic) bond motifs is 1.